The molecule has 0 amide bonds. The van der Waals surface area contributed by atoms with Crippen LogP contribution in [-0.4, -0.2) is 29.0 Å². The first-order valence-corrected chi connectivity index (χ1v) is 7.12. The van der Waals surface area contributed by atoms with Crippen molar-refractivity contribution >= 4 is 16.7 Å². The molecule has 2 rings (SSSR count). The quantitative estimate of drug-likeness (QED) is 0.868. The van der Waals surface area contributed by atoms with E-state index in [4.69, 9.17) is 0 Å². The largest absolute Gasteiger partial charge is 0.360 e. The maximum atomic E-state index is 4.55. The van der Waals surface area contributed by atoms with Crippen molar-refractivity contribution in [3.05, 3.63) is 5.82 Å². The van der Waals surface area contributed by atoms with Crippen LogP contribution in [0.5, 0.6) is 0 Å². The highest BCUT2D eigenvalue weighted by Gasteiger charge is 2.20. The molecular weight excluding hydrogens is 232 g/mol. The van der Waals surface area contributed by atoms with Gasteiger partial charge in [-0.3, -0.25) is 0 Å². The first-order valence-electron chi connectivity index (χ1n) is 6.34. The van der Waals surface area contributed by atoms with Crippen molar-refractivity contribution in [1.29, 1.82) is 0 Å². The molecule has 0 saturated carbocycles. The predicted molar refractivity (Wildman–Crippen MR) is 72.7 cm³/mol. The number of nitrogens with one attached hydrogen (secondary N) is 2. The Bertz CT molecular complexity index is 350. The number of hydrogen-bond donors (Lipinski definition) is 2. The molecule has 96 valence electrons. The Morgan fingerprint density at radius 1 is 1.35 bits per heavy atom. The standard InChI is InChI=1S/C12H22N4S/c1-12(2,3)10-15-11(17-16-10)14-8-9-4-6-13-7-5-9/h9,13H,4-8H2,1-3H3,(H,14,15,16). The average Bonchev–Trinajstić information content (AvgIpc) is 2.76. The van der Waals surface area contributed by atoms with Crippen molar-refractivity contribution < 1.29 is 0 Å². The number of nitrogens with zero attached hydrogens (tertiary/aromatic N) is 2. The summed E-state index contributed by atoms with van der Waals surface area (Å²) < 4.78 is 4.41. The lowest BCUT2D eigenvalue weighted by molar-refractivity contribution is 0.390. The van der Waals surface area contributed by atoms with Crippen molar-refractivity contribution in [3.63, 3.8) is 0 Å². The van der Waals surface area contributed by atoms with Gasteiger partial charge in [-0.25, -0.2) is 4.98 Å². The van der Waals surface area contributed by atoms with Gasteiger partial charge in [0.05, 0.1) is 0 Å². The highest BCUT2D eigenvalue weighted by molar-refractivity contribution is 7.09. The van der Waals surface area contributed by atoms with Crippen molar-refractivity contribution in [2.45, 2.75) is 39.0 Å². The van der Waals surface area contributed by atoms with E-state index >= 15 is 0 Å². The van der Waals surface area contributed by atoms with Gasteiger partial charge in [-0.1, -0.05) is 20.8 Å². The summed E-state index contributed by atoms with van der Waals surface area (Å²) in [5.74, 6) is 1.72. The zero-order chi connectivity index (χ0) is 12.3. The predicted octanol–water partition coefficient (Wildman–Crippen LogP) is 2.25. The van der Waals surface area contributed by atoms with E-state index < -0.39 is 0 Å². The van der Waals surface area contributed by atoms with Crippen LogP contribution in [-0.2, 0) is 5.41 Å². The molecule has 1 aromatic rings. The lowest BCUT2D eigenvalue weighted by atomic mass is 9.96. The Kier molecular flexibility index (Phi) is 3.99. The van der Waals surface area contributed by atoms with Crippen LogP contribution in [0.25, 0.3) is 0 Å². The molecule has 0 bridgehead atoms. The third-order valence-corrected chi connectivity index (χ3v) is 3.77. The molecule has 0 unspecified atom stereocenters. The first kappa shape index (κ1) is 12.8. The van der Waals surface area contributed by atoms with E-state index in [1.54, 1.807) is 0 Å². The molecule has 0 atom stereocenters. The maximum absolute atomic E-state index is 4.55. The third kappa shape index (κ3) is 3.64. The SMILES string of the molecule is CC(C)(C)c1nsc(NCC2CCNCC2)n1. The van der Waals surface area contributed by atoms with E-state index in [9.17, 15) is 0 Å². The Morgan fingerprint density at radius 3 is 2.65 bits per heavy atom. The van der Waals surface area contributed by atoms with Gasteiger partial charge in [-0.2, -0.15) is 4.37 Å². The van der Waals surface area contributed by atoms with Crippen molar-refractivity contribution in [1.82, 2.24) is 14.7 Å². The summed E-state index contributed by atoms with van der Waals surface area (Å²) in [6.45, 7) is 9.76. The van der Waals surface area contributed by atoms with E-state index in [1.807, 2.05) is 0 Å². The molecule has 2 N–H and O–H groups in total. The van der Waals surface area contributed by atoms with Crippen LogP contribution in [0.3, 0.4) is 0 Å². The topological polar surface area (TPSA) is 49.8 Å². The summed E-state index contributed by atoms with van der Waals surface area (Å²) in [5.41, 5.74) is 0.0468. The molecule has 0 aliphatic carbocycles. The van der Waals surface area contributed by atoms with Crippen LogP contribution in [0.15, 0.2) is 0 Å². The molecule has 0 radical (unpaired) electrons. The molecule has 2 heterocycles. The molecule has 0 aromatic carbocycles. The molecule has 1 fully saturated rings. The maximum Gasteiger partial charge on any atom is 0.202 e. The minimum absolute atomic E-state index is 0.0468. The molecule has 1 saturated heterocycles. The molecule has 17 heavy (non-hydrogen) atoms. The molecule has 4 nitrogen and oxygen atoms in total. The van der Waals surface area contributed by atoms with Crippen LogP contribution in [0.2, 0.25) is 0 Å². The second-order valence-electron chi connectivity index (χ2n) is 5.75. The van der Waals surface area contributed by atoms with Crippen molar-refractivity contribution in [3.8, 4) is 0 Å². The lowest BCUT2D eigenvalue weighted by Gasteiger charge is -2.22. The Labute approximate surface area is 107 Å². The van der Waals surface area contributed by atoms with E-state index in [2.05, 4.69) is 40.8 Å². The average molecular weight is 254 g/mol. The first-order chi connectivity index (χ1) is 8.05. The van der Waals surface area contributed by atoms with E-state index in [0.29, 0.717) is 0 Å². The monoisotopic (exact) mass is 254 g/mol. The summed E-state index contributed by atoms with van der Waals surface area (Å²) in [7, 11) is 0. The molecule has 5 heteroatoms. The van der Waals surface area contributed by atoms with Gasteiger partial charge in [0.25, 0.3) is 0 Å². The summed E-state index contributed by atoms with van der Waals surface area (Å²) >= 11 is 1.48. The van der Waals surface area contributed by atoms with Crippen molar-refractivity contribution in [2.24, 2.45) is 5.92 Å². The Morgan fingerprint density at radius 2 is 2.06 bits per heavy atom. The molecule has 1 aliphatic rings. The second-order valence-corrected chi connectivity index (χ2v) is 6.50. The Balaban J connectivity index is 1.84. The van der Waals surface area contributed by atoms with Crippen LogP contribution < -0.4 is 10.6 Å². The van der Waals surface area contributed by atoms with E-state index in [0.717, 1.165) is 36.5 Å². The lowest BCUT2D eigenvalue weighted by Crippen LogP contribution is -2.31. The van der Waals surface area contributed by atoms with Gasteiger partial charge in [0.2, 0.25) is 5.13 Å². The summed E-state index contributed by atoms with van der Waals surface area (Å²) in [6.07, 6.45) is 2.52. The second kappa shape index (κ2) is 5.31. The highest BCUT2D eigenvalue weighted by Crippen LogP contribution is 2.23. The minimum Gasteiger partial charge on any atom is -0.360 e. The summed E-state index contributed by atoms with van der Waals surface area (Å²) in [4.78, 5) is 4.55. The zero-order valence-electron chi connectivity index (χ0n) is 10.9. The fourth-order valence-electron chi connectivity index (χ4n) is 1.92. The zero-order valence-corrected chi connectivity index (χ0v) is 11.7. The fraction of sp³-hybridized carbons (Fsp3) is 0.833. The van der Waals surface area contributed by atoms with Gasteiger partial charge in [-0.15, -0.1) is 0 Å². The van der Waals surface area contributed by atoms with Gasteiger partial charge in [0.1, 0.15) is 5.82 Å². The van der Waals surface area contributed by atoms with Gasteiger partial charge in [0.15, 0.2) is 0 Å². The number of piperidine rings is 1. The van der Waals surface area contributed by atoms with Crippen molar-refractivity contribution in [2.75, 3.05) is 25.0 Å². The third-order valence-electron chi connectivity index (χ3n) is 3.10. The normalized spacial score (nSPS) is 18.3. The molecular formula is C12H22N4S. The molecule has 0 spiro atoms. The number of rotatable bonds is 3. The number of aromatic nitrogens is 2. The van der Waals surface area contributed by atoms with Gasteiger partial charge < -0.3 is 10.6 Å². The van der Waals surface area contributed by atoms with Crippen LogP contribution >= 0.6 is 11.5 Å². The summed E-state index contributed by atoms with van der Waals surface area (Å²) in [6, 6.07) is 0. The molecule has 1 aliphatic heterocycles. The van der Waals surface area contributed by atoms with Gasteiger partial charge in [-0.05, 0) is 31.8 Å². The fourth-order valence-corrected chi connectivity index (χ4v) is 2.68. The van der Waals surface area contributed by atoms with Gasteiger partial charge >= 0.3 is 0 Å². The van der Waals surface area contributed by atoms with Crippen LogP contribution in [0.1, 0.15) is 39.4 Å². The minimum atomic E-state index is 0.0468. The number of anilines is 1. The molecule has 1 aromatic heterocycles. The van der Waals surface area contributed by atoms with Crippen LogP contribution in [0.4, 0.5) is 5.13 Å². The van der Waals surface area contributed by atoms with E-state index in [1.165, 1.54) is 24.4 Å². The van der Waals surface area contributed by atoms with E-state index in [-0.39, 0.29) is 5.41 Å². The van der Waals surface area contributed by atoms with Crippen LogP contribution in [0, 0.1) is 5.92 Å². The van der Waals surface area contributed by atoms with Gasteiger partial charge in [0, 0.05) is 23.5 Å². The highest BCUT2D eigenvalue weighted by atomic mass is 32.1. The summed E-state index contributed by atoms with van der Waals surface area (Å²) in [5, 5.41) is 7.77. The number of hydrogen-bond acceptors (Lipinski definition) is 5. The smallest absolute Gasteiger partial charge is 0.202 e. The Hall–Kier alpha value is -0.680.